The second-order valence-corrected chi connectivity index (χ2v) is 14.9. The molecule has 0 aliphatic carbocycles. The second-order valence-electron chi connectivity index (χ2n) is 14.9. The predicted molar refractivity (Wildman–Crippen MR) is 218 cm³/mol. The van der Waals surface area contributed by atoms with E-state index in [2.05, 4.69) is 48.0 Å². The summed E-state index contributed by atoms with van der Waals surface area (Å²) in [5.74, 6) is 3.50. The molecule has 62 heavy (non-hydrogen) atoms. The van der Waals surface area contributed by atoms with Crippen molar-refractivity contribution in [3.63, 3.8) is 0 Å². The van der Waals surface area contributed by atoms with E-state index >= 15 is 0 Å². The largest absolute Gasteiger partial charge is 0.495 e. The van der Waals surface area contributed by atoms with Crippen LogP contribution in [0.1, 0.15) is 85.4 Å². The molecule has 1 aromatic heterocycles. The lowest BCUT2D eigenvalue weighted by Crippen LogP contribution is -2.52. The van der Waals surface area contributed by atoms with E-state index in [1.807, 2.05) is 0 Å². The molecule has 2 saturated heterocycles. The van der Waals surface area contributed by atoms with E-state index in [9.17, 15) is 41.9 Å². The van der Waals surface area contributed by atoms with Crippen LogP contribution in [0.3, 0.4) is 0 Å². The normalized spacial score (nSPS) is 16.7. The van der Waals surface area contributed by atoms with Crippen LogP contribution in [-0.2, 0) is 27.1 Å². The van der Waals surface area contributed by atoms with Gasteiger partial charge in [-0.1, -0.05) is 11.8 Å². The fraction of sp³-hybridized carbons (Fsp3) is 0.302. The minimum absolute atomic E-state index is 0.0654. The number of aromatic nitrogens is 2. The number of primary amides is 1. The molecule has 3 aromatic carbocycles. The van der Waals surface area contributed by atoms with Gasteiger partial charge in [0.15, 0.2) is 0 Å². The van der Waals surface area contributed by atoms with Crippen molar-refractivity contribution < 1.29 is 46.7 Å². The van der Waals surface area contributed by atoms with Gasteiger partial charge in [-0.05, 0) is 79.4 Å². The van der Waals surface area contributed by atoms with Crippen molar-refractivity contribution in [1.29, 1.82) is 0 Å². The van der Waals surface area contributed by atoms with Gasteiger partial charge in [0.25, 0.3) is 11.8 Å². The van der Waals surface area contributed by atoms with E-state index in [-0.39, 0.29) is 60.8 Å². The number of benzene rings is 3. The first kappa shape index (κ1) is 42.8. The van der Waals surface area contributed by atoms with Gasteiger partial charge in [0, 0.05) is 85.5 Å². The molecule has 16 nitrogen and oxygen atoms in total. The summed E-state index contributed by atoms with van der Waals surface area (Å²) < 4.78 is 45.6. The molecular weight excluding hydrogens is 812 g/mol. The summed E-state index contributed by atoms with van der Waals surface area (Å²) in [7, 11) is 1.42. The van der Waals surface area contributed by atoms with Crippen LogP contribution in [0.5, 0.6) is 5.75 Å². The van der Waals surface area contributed by atoms with Gasteiger partial charge in [0.2, 0.25) is 29.6 Å². The number of carbonyl (C=O) groups is 6. The van der Waals surface area contributed by atoms with E-state index in [1.165, 1.54) is 42.6 Å². The molecule has 0 spiro atoms. The summed E-state index contributed by atoms with van der Waals surface area (Å²) in [6.07, 6.45) is 0.591. The standard InChI is InChI=1S/C43H40F3N9O7/c1-62-35-8-4-26(39(59)51-32-18-27(38(47)58)17-29(20-32)43(44,45)46)16-25(35)3-2-24-21-48-42(49-22-24)52-30-10-13-54(14-11-30)15-12-37(57)50-31-5-6-33-28(19-31)23-55(41(33)61)34-7-9-36(56)53-40(34)60/h4-6,8,16-22,30,34H,7,9-15,23H2,1H3,(H2,47,58)(H,50,57)(H,51,59)(H,48,49,52)(H,53,56,60). The van der Waals surface area contributed by atoms with E-state index in [0.29, 0.717) is 58.3 Å². The smallest absolute Gasteiger partial charge is 0.416 e. The van der Waals surface area contributed by atoms with E-state index in [0.717, 1.165) is 32.0 Å². The van der Waals surface area contributed by atoms with Crippen LogP contribution in [-0.4, -0.2) is 94.0 Å². The van der Waals surface area contributed by atoms with Crippen LogP contribution in [0.15, 0.2) is 67.0 Å². The van der Waals surface area contributed by atoms with Gasteiger partial charge in [-0.2, -0.15) is 13.2 Å². The molecule has 0 saturated carbocycles. The van der Waals surface area contributed by atoms with Gasteiger partial charge in [0.1, 0.15) is 11.8 Å². The molecule has 4 aromatic rings. The van der Waals surface area contributed by atoms with Crippen molar-refractivity contribution >= 4 is 52.8 Å². The minimum Gasteiger partial charge on any atom is -0.495 e. The van der Waals surface area contributed by atoms with E-state index < -0.39 is 41.1 Å². The average Bonchev–Trinajstić information content (AvgIpc) is 3.57. The highest BCUT2D eigenvalue weighted by Crippen LogP contribution is 2.33. The average molecular weight is 852 g/mol. The van der Waals surface area contributed by atoms with Crippen LogP contribution >= 0.6 is 0 Å². The number of amides is 6. The number of nitrogens with two attached hydrogens (primary N) is 1. The number of hydrogen-bond donors (Lipinski definition) is 5. The number of halogens is 3. The Balaban J connectivity index is 0.871. The van der Waals surface area contributed by atoms with Crippen molar-refractivity contribution in [3.8, 4) is 17.6 Å². The molecule has 7 rings (SSSR count). The molecule has 6 N–H and O–H groups in total. The van der Waals surface area contributed by atoms with Crippen LogP contribution in [0.2, 0.25) is 0 Å². The summed E-state index contributed by atoms with van der Waals surface area (Å²) >= 11 is 0. The third-order valence-electron chi connectivity index (χ3n) is 10.6. The molecule has 320 valence electrons. The number of anilines is 3. The number of nitrogens with zero attached hydrogens (tertiary/aromatic N) is 4. The van der Waals surface area contributed by atoms with Gasteiger partial charge >= 0.3 is 6.18 Å². The number of imide groups is 1. The Hall–Kier alpha value is -7.33. The number of likely N-dealkylation sites (tertiary alicyclic amines) is 1. The highest BCUT2D eigenvalue weighted by Gasteiger charge is 2.39. The molecule has 2 fully saturated rings. The quantitative estimate of drug-likeness (QED) is 0.108. The summed E-state index contributed by atoms with van der Waals surface area (Å²) in [5, 5.41) is 10.9. The lowest BCUT2D eigenvalue weighted by atomic mass is 10.0. The number of fused-ring (bicyclic) bond motifs is 1. The van der Waals surface area contributed by atoms with E-state index in [1.54, 1.807) is 18.2 Å². The second kappa shape index (κ2) is 18.1. The molecular formula is C43H40F3N9O7. The molecule has 3 aliphatic rings. The van der Waals surface area contributed by atoms with Crippen molar-refractivity contribution in [3.05, 3.63) is 106 Å². The fourth-order valence-corrected chi connectivity index (χ4v) is 7.38. The minimum atomic E-state index is -4.78. The maximum atomic E-state index is 13.4. The van der Waals surface area contributed by atoms with Crippen LogP contribution in [0, 0.1) is 11.8 Å². The zero-order chi connectivity index (χ0) is 44.1. The first-order valence-corrected chi connectivity index (χ1v) is 19.6. The van der Waals surface area contributed by atoms with Gasteiger partial charge in [0.05, 0.1) is 23.8 Å². The summed E-state index contributed by atoms with van der Waals surface area (Å²) in [6, 6.07) is 11.1. The van der Waals surface area contributed by atoms with Crippen LogP contribution in [0.4, 0.5) is 30.5 Å². The predicted octanol–water partition coefficient (Wildman–Crippen LogP) is 3.92. The van der Waals surface area contributed by atoms with Crippen molar-refractivity contribution in [2.24, 2.45) is 5.73 Å². The molecule has 1 atom stereocenters. The number of carbonyl (C=O) groups excluding carboxylic acids is 6. The maximum absolute atomic E-state index is 13.4. The topological polar surface area (TPSA) is 218 Å². The highest BCUT2D eigenvalue weighted by atomic mass is 19.4. The molecule has 19 heteroatoms. The number of hydrogen-bond acceptors (Lipinski definition) is 11. The van der Waals surface area contributed by atoms with Crippen molar-refractivity contribution in [2.45, 2.75) is 56.9 Å². The Morgan fingerprint density at radius 3 is 2.37 bits per heavy atom. The van der Waals surface area contributed by atoms with Gasteiger partial charge in [-0.15, -0.1) is 0 Å². The zero-order valence-electron chi connectivity index (χ0n) is 33.2. The Labute approximate surface area is 352 Å². The third kappa shape index (κ3) is 10.2. The molecule has 0 bridgehead atoms. The summed E-state index contributed by atoms with van der Waals surface area (Å²) in [6.45, 7) is 2.27. The fourth-order valence-electron chi connectivity index (χ4n) is 7.38. The van der Waals surface area contributed by atoms with Crippen LogP contribution in [0.25, 0.3) is 0 Å². The Bertz CT molecular complexity index is 2510. The maximum Gasteiger partial charge on any atom is 0.416 e. The number of nitrogens with one attached hydrogen (secondary N) is 4. The molecule has 3 aliphatic heterocycles. The first-order chi connectivity index (χ1) is 29.6. The number of methoxy groups -OCH3 is 1. The first-order valence-electron chi connectivity index (χ1n) is 19.6. The molecule has 0 radical (unpaired) electrons. The molecule has 1 unspecified atom stereocenters. The zero-order valence-corrected chi connectivity index (χ0v) is 33.2. The van der Waals surface area contributed by atoms with Crippen molar-refractivity contribution in [1.82, 2.24) is 25.1 Å². The Kier molecular flexibility index (Phi) is 12.5. The van der Waals surface area contributed by atoms with Crippen molar-refractivity contribution in [2.75, 3.05) is 42.7 Å². The molecule has 6 amide bonds. The SMILES string of the molecule is COc1ccc(C(=O)Nc2cc(C(N)=O)cc(C(F)(F)F)c2)cc1C#Cc1cnc(NC2CCN(CCC(=O)Nc3ccc4c(c3)CN(C3CCC(=O)NC3=O)C4=O)CC2)nc1. The number of rotatable bonds is 11. The molecule has 4 heterocycles. The Morgan fingerprint density at radius 1 is 0.919 bits per heavy atom. The third-order valence-corrected chi connectivity index (χ3v) is 10.6. The number of piperidine rings is 2. The summed E-state index contributed by atoms with van der Waals surface area (Å²) in [4.78, 5) is 86.9. The highest BCUT2D eigenvalue weighted by molar-refractivity contribution is 6.06. The lowest BCUT2D eigenvalue weighted by molar-refractivity contribution is -0.138. The monoisotopic (exact) mass is 851 g/mol. The number of alkyl halides is 3. The van der Waals surface area contributed by atoms with Gasteiger partial charge in [-0.25, -0.2) is 9.97 Å². The van der Waals surface area contributed by atoms with Crippen LogP contribution < -0.4 is 31.7 Å². The Morgan fingerprint density at radius 2 is 1.68 bits per heavy atom. The lowest BCUT2D eigenvalue weighted by Gasteiger charge is -2.32. The van der Waals surface area contributed by atoms with Gasteiger partial charge < -0.3 is 36.2 Å². The van der Waals surface area contributed by atoms with Gasteiger partial charge in [-0.3, -0.25) is 34.1 Å². The van der Waals surface area contributed by atoms with E-state index in [4.69, 9.17) is 10.5 Å². The summed E-state index contributed by atoms with van der Waals surface area (Å²) in [5.41, 5.74) is 5.95. The number of ether oxygens (including phenoxy) is 1.